The van der Waals surface area contributed by atoms with Crippen LogP contribution in [0.4, 0.5) is 13.6 Å². The number of halogens is 2. The second kappa shape index (κ2) is 15.8. The van der Waals surface area contributed by atoms with Crippen molar-refractivity contribution >= 4 is 6.16 Å². The molecular formula is C27H38F2N2O6. The van der Waals surface area contributed by atoms with Crippen molar-refractivity contribution in [1.82, 2.24) is 5.32 Å². The lowest BCUT2D eigenvalue weighted by molar-refractivity contribution is -0.431. The van der Waals surface area contributed by atoms with E-state index in [-0.39, 0.29) is 35.1 Å². The Balaban J connectivity index is 1.99. The number of carbonyl (C=O) groups excluding carboxylic acids is 1. The molecule has 0 saturated carbocycles. The van der Waals surface area contributed by atoms with E-state index in [4.69, 9.17) is 9.47 Å². The van der Waals surface area contributed by atoms with E-state index < -0.39 is 23.6 Å². The molecule has 1 aromatic rings. The summed E-state index contributed by atoms with van der Waals surface area (Å²) in [5, 5.41) is 14.8. The Labute approximate surface area is 217 Å². The molecule has 1 heterocycles. The van der Waals surface area contributed by atoms with Gasteiger partial charge in [0.05, 0.1) is 22.9 Å². The van der Waals surface area contributed by atoms with Crippen LogP contribution in [0.15, 0.2) is 47.1 Å². The van der Waals surface area contributed by atoms with Gasteiger partial charge in [-0.05, 0) is 26.3 Å². The summed E-state index contributed by atoms with van der Waals surface area (Å²) in [7, 11) is 0. The second-order valence-corrected chi connectivity index (χ2v) is 9.11. The van der Waals surface area contributed by atoms with Gasteiger partial charge in [0.25, 0.3) is 5.70 Å². The predicted octanol–water partition coefficient (Wildman–Crippen LogP) is 7.79. The van der Waals surface area contributed by atoms with Gasteiger partial charge in [0.15, 0.2) is 0 Å². The van der Waals surface area contributed by atoms with Gasteiger partial charge in [0, 0.05) is 5.56 Å². The van der Waals surface area contributed by atoms with Crippen LogP contribution in [0, 0.1) is 10.1 Å². The molecule has 1 unspecified atom stereocenters. The van der Waals surface area contributed by atoms with Crippen LogP contribution in [-0.4, -0.2) is 24.3 Å². The first kappa shape index (κ1) is 30.1. The molecule has 1 aromatic carbocycles. The normalized spacial score (nSPS) is 15.6. The van der Waals surface area contributed by atoms with Gasteiger partial charge in [-0.2, -0.15) is 8.78 Å². The minimum Gasteiger partial charge on any atom is -0.435 e. The topological polar surface area (TPSA) is 99.9 Å². The van der Waals surface area contributed by atoms with Crippen molar-refractivity contribution in [3.8, 4) is 5.75 Å². The van der Waals surface area contributed by atoms with Crippen molar-refractivity contribution in [2.45, 2.75) is 97.5 Å². The molecule has 0 spiro atoms. The number of hydrogen-bond acceptors (Lipinski definition) is 7. The summed E-state index contributed by atoms with van der Waals surface area (Å²) < 4.78 is 41.3. The molecule has 0 aliphatic carbocycles. The van der Waals surface area contributed by atoms with E-state index in [1.54, 1.807) is 13.0 Å². The van der Waals surface area contributed by atoms with Crippen LogP contribution >= 0.6 is 0 Å². The van der Waals surface area contributed by atoms with Crippen LogP contribution in [0.2, 0.25) is 0 Å². The lowest BCUT2D eigenvalue weighted by Gasteiger charge is -2.27. The number of dihydropyridines is 1. The highest BCUT2D eigenvalue weighted by Crippen LogP contribution is 2.42. The molecule has 0 amide bonds. The number of rotatable bonds is 16. The van der Waals surface area contributed by atoms with E-state index in [1.807, 2.05) is 0 Å². The first-order chi connectivity index (χ1) is 17.8. The van der Waals surface area contributed by atoms with Gasteiger partial charge >= 0.3 is 12.8 Å². The average Bonchev–Trinajstić information content (AvgIpc) is 2.83. The number of allylic oxidation sites excluding steroid dienone is 2. The Morgan fingerprint density at radius 2 is 1.59 bits per heavy atom. The van der Waals surface area contributed by atoms with Gasteiger partial charge in [-0.3, -0.25) is 10.1 Å². The van der Waals surface area contributed by atoms with Gasteiger partial charge in [-0.1, -0.05) is 82.9 Å². The number of nitrogens with one attached hydrogen (secondary N) is 1. The smallest absolute Gasteiger partial charge is 0.435 e. The standard InChI is InChI=1S/C27H38F2N2O6/c1-4-5-6-7-8-9-10-11-12-15-18-35-27(32)37-25-20(3)30-19(2)24(31(33)34)23(25)21-16-13-14-17-22(21)36-26(28)29/h13-14,16-17,23,26,30H,4-12,15,18H2,1-3H3. The van der Waals surface area contributed by atoms with Crippen LogP contribution in [0.1, 0.15) is 96.5 Å². The summed E-state index contributed by atoms with van der Waals surface area (Å²) in [5.74, 6) is -1.60. The van der Waals surface area contributed by atoms with Crippen molar-refractivity contribution in [2.75, 3.05) is 6.61 Å². The van der Waals surface area contributed by atoms with E-state index in [1.165, 1.54) is 63.6 Å². The zero-order valence-corrected chi connectivity index (χ0v) is 21.9. The van der Waals surface area contributed by atoms with Crippen LogP contribution in [0.25, 0.3) is 0 Å². The molecule has 1 aliphatic heterocycles. The number of para-hydroxylation sites is 1. The molecule has 1 atom stereocenters. The molecule has 0 fully saturated rings. The summed E-state index contributed by atoms with van der Waals surface area (Å²) in [6.45, 7) is 2.29. The highest BCUT2D eigenvalue weighted by atomic mass is 19.3. The molecular weight excluding hydrogens is 486 g/mol. The van der Waals surface area contributed by atoms with Crippen molar-refractivity contribution < 1.29 is 32.7 Å². The number of alkyl halides is 2. The monoisotopic (exact) mass is 524 g/mol. The molecule has 8 nitrogen and oxygen atoms in total. The van der Waals surface area contributed by atoms with Crippen LogP contribution in [0.5, 0.6) is 5.75 Å². The predicted molar refractivity (Wildman–Crippen MR) is 136 cm³/mol. The maximum Gasteiger partial charge on any atom is 0.513 e. The van der Waals surface area contributed by atoms with E-state index in [9.17, 15) is 23.7 Å². The molecule has 10 heteroatoms. The number of hydrogen-bond donors (Lipinski definition) is 1. The Bertz CT molecular complexity index is 964. The van der Waals surface area contributed by atoms with Gasteiger partial charge in [0.2, 0.25) is 0 Å². The summed E-state index contributed by atoms with van der Waals surface area (Å²) >= 11 is 0. The number of carbonyl (C=O) groups is 1. The average molecular weight is 525 g/mol. The number of unbranched alkanes of at least 4 members (excludes halogenated alkanes) is 9. The SMILES string of the molecule is CCCCCCCCCCCCOC(=O)OC1=C(C)NC(C)=C([N+](=O)[O-])C1c1ccccc1OC(F)F. The Morgan fingerprint density at radius 1 is 1.00 bits per heavy atom. The van der Waals surface area contributed by atoms with E-state index in [0.717, 1.165) is 19.3 Å². The lowest BCUT2D eigenvalue weighted by Crippen LogP contribution is -2.30. The Morgan fingerprint density at radius 3 is 2.19 bits per heavy atom. The highest BCUT2D eigenvalue weighted by Gasteiger charge is 2.41. The lowest BCUT2D eigenvalue weighted by atomic mass is 9.89. The molecule has 0 aromatic heterocycles. The van der Waals surface area contributed by atoms with Crippen molar-refractivity contribution in [1.29, 1.82) is 0 Å². The van der Waals surface area contributed by atoms with Crippen molar-refractivity contribution in [3.05, 3.63) is 62.8 Å². The number of ether oxygens (including phenoxy) is 3. The van der Waals surface area contributed by atoms with Crippen LogP contribution in [-0.2, 0) is 9.47 Å². The molecule has 1 N–H and O–H groups in total. The third-order valence-electron chi connectivity index (χ3n) is 6.22. The maximum absolute atomic E-state index is 13.0. The van der Waals surface area contributed by atoms with Gasteiger partial charge in [-0.25, -0.2) is 4.79 Å². The third kappa shape index (κ3) is 9.66. The quantitative estimate of drug-likeness (QED) is 0.102. The summed E-state index contributed by atoms with van der Waals surface area (Å²) in [5.41, 5.74) is 0.266. The van der Waals surface area contributed by atoms with Crippen molar-refractivity contribution in [3.63, 3.8) is 0 Å². The molecule has 0 bridgehead atoms. The molecule has 0 radical (unpaired) electrons. The Kier molecular flexibility index (Phi) is 12.9. The zero-order valence-electron chi connectivity index (χ0n) is 21.9. The molecule has 2 rings (SSSR count). The third-order valence-corrected chi connectivity index (χ3v) is 6.22. The molecule has 1 aliphatic rings. The molecule has 0 saturated heterocycles. The van der Waals surface area contributed by atoms with Crippen LogP contribution < -0.4 is 10.1 Å². The van der Waals surface area contributed by atoms with Gasteiger partial charge in [0.1, 0.15) is 17.4 Å². The fraction of sp³-hybridized carbons (Fsp3) is 0.593. The van der Waals surface area contributed by atoms with E-state index in [2.05, 4.69) is 17.0 Å². The largest absolute Gasteiger partial charge is 0.513 e. The van der Waals surface area contributed by atoms with E-state index >= 15 is 0 Å². The fourth-order valence-electron chi connectivity index (χ4n) is 4.42. The maximum atomic E-state index is 13.0. The first-order valence-electron chi connectivity index (χ1n) is 13.0. The zero-order chi connectivity index (χ0) is 27.2. The number of nitro groups is 1. The number of nitrogens with zero attached hydrogens (tertiary/aromatic N) is 1. The van der Waals surface area contributed by atoms with Gasteiger partial charge in [-0.15, -0.1) is 0 Å². The molecule has 37 heavy (non-hydrogen) atoms. The fourth-order valence-corrected chi connectivity index (χ4v) is 4.42. The molecule has 206 valence electrons. The highest BCUT2D eigenvalue weighted by molar-refractivity contribution is 5.63. The summed E-state index contributed by atoms with van der Waals surface area (Å²) in [6, 6.07) is 5.73. The first-order valence-corrected chi connectivity index (χ1v) is 13.0. The minimum atomic E-state index is -3.13. The second-order valence-electron chi connectivity index (χ2n) is 9.11. The van der Waals surface area contributed by atoms with Gasteiger partial charge < -0.3 is 19.5 Å². The van der Waals surface area contributed by atoms with E-state index in [0.29, 0.717) is 12.1 Å². The summed E-state index contributed by atoms with van der Waals surface area (Å²) in [4.78, 5) is 23.8. The summed E-state index contributed by atoms with van der Waals surface area (Å²) in [6.07, 6.45) is 10.3. The van der Waals surface area contributed by atoms with Crippen LogP contribution in [0.3, 0.4) is 0 Å². The van der Waals surface area contributed by atoms with Crippen molar-refractivity contribution in [2.24, 2.45) is 0 Å². The number of benzene rings is 1. The Hall–Kier alpha value is -3.17. The minimum absolute atomic E-state index is 0.0761.